The fraction of sp³-hybridized carbons (Fsp3) is 0.290. The Hall–Kier alpha value is -3.99. The van der Waals surface area contributed by atoms with Gasteiger partial charge in [0.1, 0.15) is 6.04 Å². The first-order valence-corrected chi connectivity index (χ1v) is 15.0. The average Bonchev–Trinajstić information content (AvgIpc) is 3.01. The average molecular weight is 578 g/mol. The van der Waals surface area contributed by atoms with Crippen molar-refractivity contribution in [3.63, 3.8) is 0 Å². The Morgan fingerprint density at radius 3 is 2.07 bits per heavy atom. The summed E-state index contributed by atoms with van der Waals surface area (Å²) in [5, 5.41) is 6.82. The van der Waals surface area contributed by atoms with Crippen LogP contribution in [0.3, 0.4) is 0 Å². The number of hydrogen-bond donors (Lipinski definition) is 2. The summed E-state index contributed by atoms with van der Waals surface area (Å²) in [7, 11) is -3.75. The van der Waals surface area contributed by atoms with E-state index < -0.39 is 27.8 Å². The second-order valence-corrected chi connectivity index (χ2v) is 11.4. The van der Waals surface area contributed by atoms with Gasteiger partial charge in [0.15, 0.2) is 9.84 Å². The zero-order chi connectivity index (χ0) is 28.9. The van der Waals surface area contributed by atoms with Crippen LogP contribution in [0.5, 0.6) is 0 Å². The lowest BCUT2D eigenvalue weighted by Crippen LogP contribution is -2.55. The quantitative estimate of drug-likeness (QED) is 0.342. The van der Waals surface area contributed by atoms with Gasteiger partial charge in [0.25, 0.3) is 0 Å². The number of carbonyl (C=O) groups is 2. The summed E-state index contributed by atoms with van der Waals surface area (Å²) in [6.45, 7) is 2.04. The standard InChI is InChI=1S/C31H35N3O6S/c35-30(29(22-25-10-4-1-5-11-25)33-31(36)34-17-19-39-20-18-34)32-27(24-40-23-26-12-6-2-7-13-26)16-21-41(37,38)28-14-8-3-9-15-28/h1-16,21,27,29H,17-20,22-24H2,(H,32,35)(H,33,36)/t27-,29-/m0/s1. The number of rotatable bonds is 12. The van der Waals surface area contributed by atoms with E-state index in [1.165, 1.54) is 18.2 Å². The number of amides is 3. The molecule has 0 aliphatic carbocycles. The van der Waals surface area contributed by atoms with Gasteiger partial charge in [-0.3, -0.25) is 4.79 Å². The first-order chi connectivity index (χ1) is 19.9. The number of nitrogens with zero attached hydrogens (tertiary/aromatic N) is 1. The normalized spacial score (nSPS) is 15.3. The zero-order valence-electron chi connectivity index (χ0n) is 22.7. The van der Waals surface area contributed by atoms with Crippen molar-refractivity contribution < 1.29 is 27.5 Å². The van der Waals surface area contributed by atoms with Crippen LogP contribution in [0, 0.1) is 0 Å². The number of nitrogens with one attached hydrogen (secondary N) is 2. The number of morpholine rings is 1. The Kier molecular flexibility index (Phi) is 11.1. The number of ether oxygens (including phenoxy) is 2. The number of sulfone groups is 1. The van der Waals surface area contributed by atoms with Gasteiger partial charge < -0.3 is 25.0 Å². The Morgan fingerprint density at radius 2 is 1.44 bits per heavy atom. The van der Waals surface area contributed by atoms with E-state index in [2.05, 4.69) is 10.6 Å². The minimum absolute atomic E-state index is 0.0247. The molecule has 1 aliphatic rings. The van der Waals surface area contributed by atoms with E-state index >= 15 is 0 Å². The maximum atomic E-state index is 13.6. The molecular weight excluding hydrogens is 542 g/mol. The molecule has 1 fully saturated rings. The van der Waals surface area contributed by atoms with Crippen LogP contribution in [0.15, 0.2) is 107 Å². The maximum absolute atomic E-state index is 13.6. The lowest BCUT2D eigenvalue weighted by Gasteiger charge is -2.29. The Labute approximate surface area is 241 Å². The molecule has 3 amide bonds. The van der Waals surface area contributed by atoms with Gasteiger partial charge in [-0.05, 0) is 29.3 Å². The molecule has 3 aromatic rings. The molecule has 3 aromatic carbocycles. The maximum Gasteiger partial charge on any atom is 0.318 e. The molecule has 0 saturated carbocycles. The molecule has 10 heteroatoms. The summed E-state index contributed by atoms with van der Waals surface area (Å²) in [4.78, 5) is 28.3. The predicted molar refractivity (Wildman–Crippen MR) is 156 cm³/mol. The highest BCUT2D eigenvalue weighted by molar-refractivity contribution is 7.94. The molecule has 0 radical (unpaired) electrons. The minimum atomic E-state index is -3.75. The highest BCUT2D eigenvalue weighted by Crippen LogP contribution is 2.12. The SMILES string of the molecule is O=C(N[C@@H](C=CS(=O)(=O)c1ccccc1)COCc1ccccc1)[C@H](Cc1ccccc1)NC(=O)N1CCOCC1. The van der Waals surface area contributed by atoms with E-state index in [1.807, 2.05) is 60.7 Å². The molecule has 1 heterocycles. The Morgan fingerprint density at radius 1 is 0.854 bits per heavy atom. The molecule has 9 nitrogen and oxygen atoms in total. The van der Waals surface area contributed by atoms with Crippen LogP contribution in [0.4, 0.5) is 4.79 Å². The zero-order valence-corrected chi connectivity index (χ0v) is 23.5. The van der Waals surface area contributed by atoms with Crippen molar-refractivity contribution in [2.45, 2.75) is 30.0 Å². The van der Waals surface area contributed by atoms with E-state index in [9.17, 15) is 18.0 Å². The molecule has 2 N–H and O–H groups in total. The number of carbonyl (C=O) groups excluding carboxylic acids is 2. The topological polar surface area (TPSA) is 114 Å². The van der Waals surface area contributed by atoms with Gasteiger partial charge in [0, 0.05) is 24.9 Å². The lowest BCUT2D eigenvalue weighted by molar-refractivity contribution is -0.123. The van der Waals surface area contributed by atoms with Crippen LogP contribution >= 0.6 is 0 Å². The van der Waals surface area contributed by atoms with Crippen molar-refractivity contribution in [2.24, 2.45) is 0 Å². The predicted octanol–water partition coefficient (Wildman–Crippen LogP) is 3.33. The van der Waals surface area contributed by atoms with Gasteiger partial charge in [0.05, 0.1) is 37.4 Å². The summed E-state index contributed by atoms with van der Waals surface area (Å²) in [5.41, 5.74) is 1.81. The number of benzene rings is 3. The van der Waals surface area contributed by atoms with Gasteiger partial charge in [-0.1, -0.05) is 78.9 Å². The Bertz CT molecular complexity index is 1380. The number of urea groups is 1. The van der Waals surface area contributed by atoms with E-state index in [4.69, 9.17) is 9.47 Å². The van der Waals surface area contributed by atoms with Crippen LogP contribution in [-0.4, -0.2) is 70.2 Å². The molecule has 4 rings (SSSR count). The number of hydrogen-bond acceptors (Lipinski definition) is 6. The Balaban J connectivity index is 1.50. The van der Waals surface area contributed by atoms with Crippen molar-refractivity contribution in [1.29, 1.82) is 0 Å². The summed E-state index contributed by atoms with van der Waals surface area (Å²) in [6.07, 6.45) is 1.67. The first kappa shape index (κ1) is 30.0. The molecule has 0 bridgehead atoms. The molecule has 1 saturated heterocycles. The largest absolute Gasteiger partial charge is 0.378 e. The second kappa shape index (κ2) is 15.1. The monoisotopic (exact) mass is 577 g/mol. The first-order valence-electron chi connectivity index (χ1n) is 13.5. The molecule has 1 aliphatic heterocycles. The smallest absolute Gasteiger partial charge is 0.318 e. The molecule has 0 unspecified atom stereocenters. The molecule has 41 heavy (non-hydrogen) atoms. The highest BCUT2D eigenvalue weighted by Gasteiger charge is 2.26. The van der Waals surface area contributed by atoms with Crippen molar-refractivity contribution >= 4 is 21.8 Å². The van der Waals surface area contributed by atoms with Gasteiger partial charge in [0.2, 0.25) is 5.91 Å². The van der Waals surface area contributed by atoms with Crippen molar-refractivity contribution in [1.82, 2.24) is 15.5 Å². The van der Waals surface area contributed by atoms with Gasteiger partial charge in [-0.25, -0.2) is 13.2 Å². The van der Waals surface area contributed by atoms with Gasteiger partial charge in [-0.2, -0.15) is 0 Å². The molecule has 2 atom stereocenters. The van der Waals surface area contributed by atoms with Crippen molar-refractivity contribution in [3.05, 3.63) is 114 Å². The summed E-state index contributed by atoms with van der Waals surface area (Å²) in [5.74, 6) is -0.453. The van der Waals surface area contributed by atoms with Crippen LogP contribution in [-0.2, 0) is 37.1 Å². The molecular formula is C31H35N3O6S. The molecule has 0 aromatic heterocycles. The summed E-state index contributed by atoms with van der Waals surface area (Å²) < 4.78 is 37.0. The van der Waals surface area contributed by atoms with Gasteiger partial charge in [-0.15, -0.1) is 0 Å². The van der Waals surface area contributed by atoms with E-state index in [1.54, 1.807) is 23.1 Å². The third kappa shape index (κ3) is 9.56. The van der Waals surface area contributed by atoms with E-state index in [0.717, 1.165) is 16.5 Å². The fourth-order valence-electron chi connectivity index (χ4n) is 4.26. The molecule has 0 spiro atoms. The molecule has 216 valence electrons. The van der Waals surface area contributed by atoms with Crippen LogP contribution in [0.2, 0.25) is 0 Å². The van der Waals surface area contributed by atoms with Crippen LogP contribution < -0.4 is 10.6 Å². The summed E-state index contributed by atoms with van der Waals surface area (Å²) >= 11 is 0. The fourth-order valence-corrected chi connectivity index (χ4v) is 5.35. The van der Waals surface area contributed by atoms with E-state index in [-0.39, 0.29) is 30.6 Å². The van der Waals surface area contributed by atoms with Crippen molar-refractivity contribution in [2.75, 3.05) is 32.9 Å². The summed E-state index contributed by atoms with van der Waals surface area (Å²) in [6, 6.07) is 24.9. The van der Waals surface area contributed by atoms with Crippen molar-refractivity contribution in [3.8, 4) is 0 Å². The lowest BCUT2D eigenvalue weighted by atomic mass is 10.0. The minimum Gasteiger partial charge on any atom is -0.378 e. The van der Waals surface area contributed by atoms with Gasteiger partial charge >= 0.3 is 6.03 Å². The van der Waals surface area contributed by atoms with E-state index in [0.29, 0.717) is 26.3 Å². The van der Waals surface area contributed by atoms with Crippen LogP contribution in [0.25, 0.3) is 0 Å². The third-order valence-corrected chi connectivity index (χ3v) is 7.94. The second-order valence-electron chi connectivity index (χ2n) is 9.59. The van der Waals surface area contributed by atoms with Crippen LogP contribution in [0.1, 0.15) is 11.1 Å². The highest BCUT2D eigenvalue weighted by atomic mass is 32.2. The third-order valence-electron chi connectivity index (χ3n) is 6.49.